The number of carbonyl (C=O) groups is 2. The van der Waals surface area contributed by atoms with Gasteiger partial charge in [0.05, 0.1) is 19.1 Å². The first kappa shape index (κ1) is 54.0. The van der Waals surface area contributed by atoms with Crippen LogP contribution in [0.3, 0.4) is 0 Å². The SMILES string of the molecule is CC.CC(C)C(=O)Cl.CC(C)C(=O)Oc1ccc(CO)cc1[C@H](CCN(C(C)C)C(C)C)c1ccccc1.CC(C)NCC[C@H](c1ccccc1)c1cc(CO)ccc1O. The Morgan fingerprint density at radius 2 is 1.10 bits per heavy atom. The highest BCUT2D eigenvalue weighted by Gasteiger charge is 2.24. The van der Waals surface area contributed by atoms with E-state index in [1.165, 1.54) is 11.1 Å². The molecule has 4 N–H and O–H groups in total. The van der Waals surface area contributed by atoms with Crippen molar-refractivity contribution < 1.29 is 29.6 Å². The van der Waals surface area contributed by atoms with Gasteiger partial charge in [0.1, 0.15) is 11.5 Å². The summed E-state index contributed by atoms with van der Waals surface area (Å²) in [5.74, 6) is 0.572. The Balaban J connectivity index is 0.000000525. The van der Waals surface area contributed by atoms with Gasteiger partial charge in [0.15, 0.2) is 0 Å². The zero-order valence-electron chi connectivity index (χ0n) is 38.4. The number of aliphatic hydroxyl groups excluding tert-OH is 2. The molecule has 0 aromatic heterocycles. The normalized spacial score (nSPS) is 12.0. The van der Waals surface area contributed by atoms with Crippen LogP contribution in [0.5, 0.6) is 11.5 Å². The first-order chi connectivity index (χ1) is 28.5. The van der Waals surface area contributed by atoms with Crippen molar-refractivity contribution in [1.29, 1.82) is 0 Å². The second kappa shape index (κ2) is 29.2. The van der Waals surface area contributed by atoms with Gasteiger partial charge in [-0.15, -0.1) is 0 Å². The van der Waals surface area contributed by atoms with Crippen molar-refractivity contribution in [3.63, 3.8) is 0 Å². The fourth-order valence-corrected chi connectivity index (χ4v) is 6.55. The zero-order chi connectivity index (χ0) is 45.4. The van der Waals surface area contributed by atoms with Gasteiger partial charge in [0, 0.05) is 47.0 Å². The first-order valence-corrected chi connectivity index (χ1v) is 22.0. The molecule has 0 spiro atoms. The summed E-state index contributed by atoms with van der Waals surface area (Å²) in [6, 6.07) is 32.9. The molecule has 0 saturated carbocycles. The Hall–Kier alpha value is -4.05. The van der Waals surface area contributed by atoms with Crippen molar-refractivity contribution in [3.8, 4) is 11.5 Å². The maximum absolute atomic E-state index is 12.3. The summed E-state index contributed by atoms with van der Waals surface area (Å²) in [5, 5.41) is 32.5. The summed E-state index contributed by atoms with van der Waals surface area (Å²) in [5.41, 5.74) is 5.84. The highest BCUT2D eigenvalue weighted by atomic mass is 35.5. The lowest BCUT2D eigenvalue weighted by Crippen LogP contribution is -2.38. The van der Waals surface area contributed by atoms with Gasteiger partial charge in [-0.3, -0.25) is 14.5 Å². The number of esters is 1. The number of hydrogen-bond donors (Lipinski definition) is 4. The van der Waals surface area contributed by atoms with Crippen molar-refractivity contribution in [2.75, 3.05) is 13.1 Å². The van der Waals surface area contributed by atoms with E-state index >= 15 is 0 Å². The van der Waals surface area contributed by atoms with E-state index in [4.69, 9.17) is 16.3 Å². The Bertz CT molecular complexity index is 1770. The summed E-state index contributed by atoms with van der Waals surface area (Å²) >= 11 is 4.97. The van der Waals surface area contributed by atoms with E-state index in [1.807, 2.05) is 88.4 Å². The molecular weight excluding hydrogens is 772 g/mol. The van der Waals surface area contributed by atoms with E-state index < -0.39 is 0 Å². The molecule has 0 bridgehead atoms. The second-order valence-corrected chi connectivity index (χ2v) is 16.5. The van der Waals surface area contributed by atoms with Crippen molar-refractivity contribution >= 4 is 22.8 Å². The van der Waals surface area contributed by atoms with Gasteiger partial charge in [-0.1, -0.05) is 128 Å². The topological polar surface area (TPSA) is 119 Å². The van der Waals surface area contributed by atoms with Gasteiger partial charge >= 0.3 is 5.97 Å². The van der Waals surface area contributed by atoms with Gasteiger partial charge < -0.3 is 25.4 Å². The Morgan fingerprint density at radius 1 is 0.650 bits per heavy atom. The Labute approximate surface area is 367 Å². The number of hydrogen-bond acceptors (Lipinski definition) is 8. The molecule has 0 aliphatic rings. The number of benzene rings is 4. The number of aliphatic hydroxyl groups is 2. The number of phenols is 1. The minimum Gasteiger partial charge on any atom is -0.508 e. The first-order valence-electron chi connectivity index (χ1n) is 21.7. The molecule has 0 radical (unpaired) electrons. The summed E-state index contributed by atoms with van der Waals surface area (Å²) in [6.07, 6.45) is 1.78. The highest BCUT2D eigenvalue weighted by Crippen LogP contribution is 2.37. The molecule has 2 atom stereocenters. The molecule has 4 rings (SSSR count). The van der Waals surface area contributed by atoms with Crippen molar-refractivity contribution in [2.24, 2.45) is 11.8 Å². The van der Waals surface area contributed by atoms with Gasteiger partial charge in [0.2, 0.25) is 5.24 Å². The van der Waals surface area contributed by atoms with E-state index in [1.54, 1.807) is 26.0 Å². The number of ether oxygens (including phenoxy) is 1. The van der Waals surface area contributed by atoms with Crippen LogP contribution in [0, 0.1) is 11.8 Å². The predicted molar refractivity (Wildman–Crippen MR) is 250 cm³/mol. The van der Waals surface area contributed by atoms with Gasteiger partial charge in [-0.25, -0.2) is 0 Å². The average molecular weight is 848 g/mol. The number of phenolic OH excluding ortho intramolecular Hbond substituents is 1. The van der Waals surface area contributed by atoms with E-state index in [0.29, 0.717) is 23.9 Å². The van der Waals surface area contributed by atoms with Crippen LogP contribution in [0.1, 0.15) is 141 Å². The Kier molecular flexibility index (Phi) is 26.3. The van der Waals surface area contributed by atoms with Gasteiger partial charge in [0.25, 0.3) is 0 Å². The molecule has 0 aliphatic carbocycles. The van der Waals surface area contributed by atoms with Crippen LogP contribution in [0.2, 0.25) is 0 Å². The number of carbonyl (C=O) groups excluding carboxylic acids is 2. The Morgan fingerprint density at radius 3 is 1.52 bits per heavy atom. The fraction of sp³-hybridized carbons (Fsp3) is 0.490. The van der Waals surface area contributed by atoms with Crippen LogP contribution in [-0.2, 0) is 22.8 Å². The standard InChI is InChI=1S/C26H37NO3.C19H25NO2.C4H7ClO.C2H6/c1-18(2)26(29)30-25-13-12-21(17-28)16-24(25)23(22-10-8-7-9-11-22)14-15-27(19(3)4)20(5)6;1-14(2)20-11-10-17(16-6-4-3-5-7-16)18-12-15(13-21)8-9-19(18)22;1-3(2)4(5)6;1-2/h7-13,16,18-20,23,28H,14-15,17H2,1-6H3;3-9,12,14,17,20-22H,10-11,13H2,1-2H3;3H,1-2H3;1-2H3/t23-;17-;;/m11../s1. The minimum absolute atomic E-state index is 0.0148. The third-order valence-electron chi connectivity index (χ3n) is 9.81. The number of rotatable bonds is 18. The molecule has 0 unspecified atom stereocenters. The fourth-order valence-electron chi connectivity index (χ4n) is 6.55. The molecular formula is C51H75ClN2O6. The zero-order valence-corrected chi connectivity index (χ0v) is 39.2. The summed E-state index contributed by atoms with van der Waals surface area (Å²) in [4.78, 5) is 24.7. The third-order valence-corrected chi connectivity index (χ3v) is 10.2. The van der Waals surface area contributed by atoms with Crippen LogP contribution in [-0.4, -0.2) is 62.6 Å². The molecule has 0 fully saturated rings. The largest absolute Gasteiger partial charge is 0.508 e. The summed E-state index contributed by atoms with van der Waals surface area (Å²) in [7, 11) is 0. The van der Waals surface area contributed by atoms with Crippen molar-refractivity contribution in [3.05, 3.63) is 130 Å². The van der Waals surface area contributed by atoms with Crippen molar-refractivity contribution in [1.82, 2.24) is 10.2 Å². The van der Waals surface area contributed by atoms with E-state index in [0.717, 1.165) is 48.2 Å². The smallest absolute Gasteiger partial charge is 0.313 e. The molecule has 0 aliphatic heterocycles. The second-order valence-electron chi connectivity index (χ2n) is 16.2. The van der Waals surface area contributed by atoms with Crippen molar-refractivity contribution in [2.45, 2.75) is 139 Å². The summed E-state index contributed by atoms with van der Waals surface area (Å²) in [6.45, 7) is 26.1. The molecule has 0 heterocycles. The lowest BCUT2D eigenvalue weighted by atomic mass is 9.86. The van der Waals surface area contributed by atoms with Crippen LogP contribution in [0.25, 0.3) is 0 Å². The molecule has 9 heteroatoms. The van der Waals surface area contributed by atoms with E-state index in [2.05, 4.69) is 76.0 Å². The molecule has 332 valence electrons. The molecule has 60 heavy (non-hydrogen) atoms. The number of nitrogens with zero attached hydrogens (tertiary/aromatic N) is 1. The maximum atomic E-state index is 12.3. The molecule has 4 aromatic rings. The highest BCUT2D eigenvalue weighted by molar-refractivity contribution is 6.63. The monoisotopic (exact) mass is 847 g/mol. The molecule has 0 saturated heterocycles. The van der Waals surface area contributed by atoms with Crippen LogP contribution >= 0.6 is 11.6 Å². The third kappa shape index (κ3) is 19.1. The lowest BCUT2D eigenvalue weighted by Gasteiger charge is -2.32. The minimum atomic E-state index is -0.269. The predicted octanol–water partition coefficient (Wildman–Crippen LogP) is 11.2. The maximum Gasteiger partial charge on any atom is 0.313 e. The van der Waals surface area contributed by atoms with E-state index in [-0.39, 0.29) is 53.8 Å². The quantitative estimate of drug-likeness (QED) is 0.0444. The van der Waals surface area contributed by atoms with Gasteiger partial charge in [-0.05, 0) is 112 Å². The van der Waals surface area contributed by atoms with Crippen LogP contribution < -0.4 is 10.1 Å². The molecule has 0 amide bonds. The molecule has 4 aromatic carbocycles. The number of aromatic hydroxyl groups is 1. The number of halogens is 1. The molecule has 8 nitrogen and oxygen atoms in total. The van der Waals surface area contributed by atoms with E-state index in [9.17, 15) is 24.9 Å². The van der Waals surface area contributed by atoms with Gasteiger partial charge in [-0.2, -0.15) is 0 Å². The lowest BCUT2D eigenvalue weighted by molar-refractivity contribution is -0.137. The summed E-state index contributed by atoms with van der Waals surface area (Å²) < 4.78 is 5.78. The average Bonchev–Trinajstić information content (AvgIpc) is 3.23. The van der Waals surface area contributed by atoms with Crippen LogP contribution in [0.4, 0.5) is 0 Å². The van der Waals surface area contributed by atoms with Crippen LogP contribution in [0.15, 0.2) is 97.1 Å². The number of nitrogens with one attached hydrogen (secondary N) is 1.